The van der Waals surface area contributed by atoms with Crippen molar-refractivity contribution in [2.75, 3.05) is 0 Å². The second-order valence-electron chi connectivity index (χ2n) is 7.78. The minimum absolute atomic E-state index is 0.0538. The molecule has 4 aromatic carbocycles. The number of rotatable bonds is 8. The van der Waals surface area contributed by atoms with Crippen LogP contribution in [0, 0.1) is 24.1 Å². The first kappa shape index (κ1) is 22.8. The topological polar surface area (TPSA) is 59.3 Å². The van der Waals surface area contributed by atoms with Crippen molar-refractivity contribution < 1.29 is 18.7 Å². The van der Waals surface area contributed by atoms with Gasteiger partial charge in [-0.1, -0.05) is 54.6 Å². The molecule has 0 atom stereocenters. The SMILES string of the molecule is Cc1c(COc2ccc(C=O)c(OCc3ccc(F)c(C#N)c3)c2)cccc1-c1ccccc1. The standard InChI is InChI=1S/C29H22FNO3/c1-20-24(8-5-9-27(20)22-6-3-2-4-7-22)19-33-26-12-11-23(17-32)29(15-26)34-18-21-10-13-28(30)25(14-21)16-31/h2-15,17H,18-19H2,1H3. The second-order valence-corrected chi connectivity index (χ2v) is 7.78. The van der Waals surface area contributed by atoms with Crippen LogP contribution in [0.3, 0.4) is 0 Å². The fourth-order valence-electron chi connectivity index (χ4n) is 3.67. The van der Waals surface area contributed by atoms with Gasteiger partial charge in [-0.25, -0.2) is 4.39 Å². The number of carbonyl (C=O) groups is 1. The Morgan fingerprint density at radius 3 is 2.50 bits per heavy atom. The van der Waals surface area contributed by atoms with E-state index < -0.39 is 5.82 Å². The van der Waals surface area contributed by atoms with Crippen molar-refractivity contribution in [3.8, 4) is 28.7 Å². The van der Waals surface area contributed by atoms with Gasteiger partial charge in [0.25, 0.3) is 0 Å². The van der Waals surface area contributed by atoms with Crippen LogP contribution in [0.2, 0.25) is 0 Å². The van der Waals surface area contributed by atoms with Crippen LogP contribution in [0.15, 0.2) is 84.9 Å². The first-order chi connectivity index (χ1) is 16.6. The van der Waals surface area contributed by atoms with Crippen LogP contribution in [0.4, 0.5) is 4.39 Å². The summed E-state index contributed by atoms with van der Waals surface area (Å²) in [4.78, 5) is 11.5. The Morgan fingerprint density at radius 2 is 1.74 bits per heavy atom. The number of hydrogen-bond donors (Lipinski definition) is 0. The molecule has 0 heterocycles. The quantitative estimate of drug-likeness (QED) is 0.282. The van der Waals surface area contributed by atoms with Crippen molar-refractivity contribution in [1.29, 1.82) is 5.26 Å². The van der Waals surface area contributed by atoms with Gasteiger partial charge >= 0.3 is 0 Å². The molecular formula is C29H22FNO3. The highest BCUT2D eigenvalue weighted by atomic mass is 19.1. The van der Waals surface area contributed by atoms with Crippen LogP contribution >= 0.6 is 0 Å². The van der Waals surface area contributed by atoms with E-state index >= 15 is 0 Å². The summed E-state index contributed by atoms with van der Waals surface area (Å²) < 4.78 is 25.4. The molecular weight excluding hydrogens is 429 g/mol. The van der Waals surface area contributed by atoms with Crippen molar-refractivity contribution in [2.45, 2.75) is 20.1 Å². The number of nitrogens with zero attached hydrogens (tertiary/aromatic N) is 1. The lowest BCUT2D eigenvalue weighted by molar-refractivity contribution is 0.111. The molecule has 168 valence electrons. The van der Waals surface area contributed by atoms with Gasteiger partial charge in [0.05, 0.1) is 11.1 Å². The average molecular weight is 451 g/mol. The van der Waals surface area contributed by atoms with Crippen LogP contribution < -0.4 is 9.47 Å². The Morgan fingerprint density at radius 1 is 0.912 bits per heavy atom. The number of hydrogen-bond acceptors (Lipinski definition) is 4. The van der Waals surface area contributed by atoms with E-state index in [0.717, 1.165) is 22.3 Å². The van der Waals surface area contributed by atoms with Gasteiger partial charge in [0, 0.05) is 6.07 Å². The van der Waals surface area contributed by atoms with E-state index in [1.165, 1.54) is 12.1 Å². The Kier molecular flexibility index (Phi) is 7.00. The molecule has 34 heavy (non-hydrogen) atoms. The number of carbonyl (C=O) groups excluding carboxylic acids is 1. The minimum Gasteiger partial charge on any atom is -0.489 e. The maximum atomic E-state index is 13.6. The third kappa shape index (κ3) is 5.13. The van der Waals surface area contributed by atoms with Crippen LogP contribution in [-0.4, -0.2) is 6.29 Å². The maximum absolute atomic E-state index is 13.6. The normalized spacial score (nSPS) is 10.4. The van der Waals surface area contributed by atoms with Crippen LogP contribution in [0.5, 0.6) is 11.5 Å². The van der Waals surface area contributed by atoms with E-state index in [-0.39, 0.29) is 12.2 Å². The van der Waals surface area contributed by atoms with E-state index in [9.17, 15) is 9.18 Å². The molecule has 0 amide bonds. The molecule has 0 fully saturated rings. The number of aldehydes is 1. The van der Waals surface area contributed by atoms with Crippen molar-refractivity contribution in [3.05, 3.63) is 119 Å². The van der Waals surface area contributed by atoms with Crippen LogP contribution in [-0.2, 0) is 13.2 Å². The molecule has 0 radical (unpaired) electrons. The highest BCUT2D eigenvalue weighted by Crippen LogP contribution is 2.28. The zero-order valence-electron chi connectivity index (χ0n) is 18.6. The molecule has 0 aliphatic carbocycles. The van der Waals surface area contributed by atoms with Gasteiger partial charge in [-0.05, 0) is 59.0 Å². The van der Waals surface area contributed by atoms with E-state index in [1.54, 1.807) is 24.3 Å². The predicted molar refractivity (Wildman–Crippen MR) is 128 cm³/mol. The lowest BCUT2D eigenvalue weighted by Gasteiger charge is -2.14. The second kappa shape index (κ2) is 10.5. The first-order valence-corrected chi connectivity index (χ1v) is 10.8. The van der Waals surface area contributed by atoms with Gasteiger partial charge < -0.3 is 9.47 Å². The fraction of sp³-hybridized carbons (Fsp3) is 0.103. The molecule has 0 saturated heterocycles. The van der Waals surface area contributed by atoms with Gasteiger partial charge in [0.1, 0.15) is 36.6 Å². The lowest BCUT2D eigenvalue weighted by Crippen LogP contribution is -2.02. The minimum atomic E-state index is -0.582. The van der Waals surface area contributed by atoms with Gasteiger partial charge in [0.15, 0.2) is 6.29 Å². The van der Waals surface area contributed by atoms with E-state index in [4.69, 9.17) is 14.7 Å². The molecule has 0 bridgehead atoms. The largest absolute Gasteiger partial charge is 0.489 e. The summed E-state index contributed by atoms with van der Waals surface area (Å²) in [5, 5.41) is 9.01. The molecule has 0 unspecified atom stereocenters. The fourth-order valence-corrected chi connectivity index (χ4v) is 3.67. The molecule has 0 aliphatic rings. The number of benzene rings is 4. The average Bonchev–Trinajstić information content (AvgIpc) is 2.88. The molecule has 4 nitrogen and oxygen atoms in total. The number of ether oxygens (including phenoxy) is 2. The molecule has 5 heteroatoms. The Labute approximate surface area is 197 Å². The molecule has 4 aromatic rings. The maximum Gasteiger partial charge on any atom is 0.153 e. The molecule has 0 aliphatic heterocycles. The Hall–Kier alpha value is -4.43. The summed E-state index contributed by atoms with van der Waals surface area (Å²) in [6.07, 6.45) is 0.706. The zero-order valence-corrected chi connectivity index (χ0v) is 18.6. The summed E-state index contributed by atoms with van der Waals surface area (Å²) in [7, 11) is 0. The number of nitriles is 1. The summed E-state index contributed by atoms with van der Waals surface area (Å²) >= 11 is 0. The van der Waals surface area contributed by atoms with Crippen molar-refractivity contribution in [3.63, 3.8) is 0 Å². The lowest BCUT2D eigenvalue weighted by atomic mass is 9.97. The van der Waals surface area contributed by atoms with Crippen molar-refractivity contribution in [1.82, 2.24) is 0 Å². The summed E-state index contributed by atoms with van der Waals surface area (Å²) in [5.41, 5.74) is 5.43. The third-order valence-corrected chi connectivity index (χ3v) is 5.58. The van der Waals surface area contributed by atoms with E-state index in [0.29, 0.717) is 35.5 Å². The first-order valence-electron chi connectivity index (χ1n) is 10.8. The molecule has 0 N–H and O–H groups in total. The summed E-state index contributed by atoms with van der Waals surface area (Å²) in [5.74, 6) is 0.328. The Balaban J connectivity index is 1.49. The predicted octanol–water partition coefficient (Wildman–Crippen LogP) is 6.64. The summed E-state index contributed by atoms with van der Waals surface area (Å²) in [6.45, 7) is 2.51. The van der Waals surface area contributed by atoms with Crippen LogP contribution in [0.1, 0.15) is 32.6 Å². The molecule has 4 rings (SSSR count). The smallest absolute Gasteiger partial charge is 0.153 e. The molecule has 0 aromatic heterocycles. The third-order valence-electron chi connectivity index (χ3n) is 5.58. The van der Waals surface area contributed by atoms with Crippen molar-refractivity contribution >= 4 is 6.29 Å². The highest BCUT2D eigenvalue weighted by molar-refractivity contribution is 5.79. The Bertz CT molecular complexity index is 1360. The van der Waals surface area contributed by atoms with E-state index in [2.05, 4.69) is 25.1 Å². The van der Waals surface area contributed by atoms with Gasteiger partial charge in [-0.15, -0.1) is 0 Å². The molecule has 0 spiro atoms. The highest BCUT2D eigenvalue weighted by Gasteiger charge is 2.10. The summed E-state index contributed by atoms with van der Waals surface area (Å²) in [6, 6.07) is 27.3. The van der Waals surface area contributed by atoms with Gasteiger partial charge in [-0.2, -0.15) is 5.26 Å². The van der Waals surface area contributed by atoms with Gasteiger partial charge in [0.2, 0.25) is 0 Å². The van der Waals surface area contributed by atoms with E-state index in [1.807, 2.05) is 36.4 Å². The van der Waals surface area contributed by atoms with Crippen molar-refractivity contribution in [2.24, 2.45) is 0 Å². The van der Waals surface area contributed by atoms with Gasteiger partial charge in [-0.3, -0.25) is 4.79 Å². The molecule has 0 saturated carbocycles. The van der Waals surface area contributed by atoms with Crippen LogP contribution in [0.25, 0.3) is 11.1 Å². The monoisotopic (exact) mass is 451 g/mol. The zero-order chi connectivity index (χ0) is 23.9. The number of halogens is 1.